The lowest BCUT2D eigenvalue weighted by Gasteiger charge is -2.08. The topological polar surface area (TPSA) is 53.1 Å². The average Bonchev–Trinajstić information content (AvgIpc) is 2.65. The highest BCUT2D eigenvalue weighted by Gasteiger charge is 2.14. The van der Waals surface area contributed by atoms with Crippen molar-refractivity contribution in [3.05, 3.63) is 28.2 Å². The molecule has 0 unspecified atom stereocenters. The molecule has 0 saturated carbocycles. The van der Waals surface area contributed by atoms with Crippen molar-refractivity contribution in [3.8, 4) is 17.0 Å². The molecule has 0 radical (unpaired) electrons. The van der Waals surface area contributed by atoms with Gasteiger partial charge in [0.15, 0.2) is 0 Å². The Hall–Kier alpha value is -1.49. The first-order valence-corrected chi connectivity index (χ1v) is 6.53. The number of nitrogens with two attached hydrogens (primary N) is 1. The molecule has 0 bridgehead atoms. The number of nitrogens with zero attached hydrogens (tertiary/aromatic N) is 2. The first-order valence-electron chi connectivity index (χ1n) is 5.73. The Balaban J connectivity index is 2.54. The fraction of sp³-hybridized carbons (Fsp3) is 0.308. The second-order valence-corrected chi connectivity index (χ2v) is 4.84. The van der Waals surface area contributed by atoms with Gasteiger partial charge in [-0.3, -0.25) is 4.68 Å². The maximum atomic E-state index is 5.90. The van der Waals surface area contributed by atoms with Crippen molar-refractivity contribution < 1.29 is 4.74 Å². The Morgan fingerprint density at radius 3 is 2.67 bits per heavy atom. The minimum absolute atomic E-state index is 0.624. The third-order valence-corrected chi connectivity index (χ3v) is 3.75. The van der Waals surface area contributed by atoms with E-state index in [-0.39, 0.29) is 0 Å². The van der Waals surface area contributed by atoms with E-state index in [1.54, 1.807) is 11.8 Å². The second-order valence-electron chi connectivity index (χ2n) is 4.05. The molecule has 0 fully saturated rings. The van der Waals surface area contributed by atoms with Crippen molar-refractivity contribution in [2.24, 2.45) is 7.05 Å². The summed E-state index contributed by atoms with van der Waals surface area (Å²) in [6.07, 6.45) is 0.914. The predicted octanol–water partition coefficient (Wildman–Crippen LogP) is 3.00. The number of hydrogen-bond acceptors (Lipinski definition) is 3. The summed E-state index contributed by atoms with van der Waals surface area (Å²) in [6.45, 7) is 2.10. The maximum Gasteiger partial charge on any atom is 0.136 e. The molecule has 5 heteroatoms. The number of aryl methyl sites for hydroxylation is 2. The molecule has 2 N–H and O–H groups in total. The Bertz CT molecular complexity index is 578. The Morgan fingerprint density at radius 2 is 2.17 bits per heavy atom. The van der Waals surface area contributed by atoms with Gasteiger partial charge in [0.1, 0.15) is 17.3 Å². The molecule has 1 aromatic heterocycles. The van der Waals surface area contributed by atoms with E-state index in [1.807, 2.05) is 19.2 Å². The quantitative estimate of drug-likeness (QED) is 0.948. The molecular weight excluding hydrogens is 294 g/mol. The van der Waals surface area contributed by atoms with Gasteiger partial charge in [0.2, 0.25) is 0 Å². The Morgan fingerprint density at radius 1 is 1.44 bits per heavy atom. The molecule has 1 heterocycles. The van der Waals surface area contributed by atoms with E-state index in [4.69, 9.17) is 10.5 Å². The molecule has 0 atom stereocenters. The molecule has 1 aromatic carbocycles. The van der Waals surface area contributed by atoms with Gasteiger partial charge in [0.25, 0.3) is 0 Å². The summed E-state index contributed by atoms with van der Waals surface area (Å²) in [4.78, 5) is 0. The Labute approximate surface area is 115 Å². The van der Waals surface area contributed by atoms with Gasteiger partial charge in [-0.1, -0.05) is 6.92 Å². The van der Waals surface area contributed by atoms with Crippen LogP contribution in [0.25, 0.3) is 11.3 Å². The summed E-state index contributed by atoms with van der Waals surface area (Å²) in [5.74, 6) is 1.53. The van der Waals surface area contributed by atoms with Crippen molar-refractivity contribution in [1.82, 2.24) is 9.78 Å². The summed E-state index contributed by atoms with van der Waals surface area (Å²) in [5, 5.41) is 4.41. The number of halogens is 1. The van der Waals surface area contributed by atoms with Gasteiger partial charge in [-0.15, -0.1) is 0 Å². The van der Waals surface area contributed by atoms with E-state index in [1.165, 1.54) is 0 Å². The number of rotatable bonds is 3. The van der Waals surface area contributed by atoms with Crippen LogP contribution in [0.1, 0.15) is 12.5 Å². The van der Waals surface area contributed by atoms with E-state index in [9.17, 15) is 0 Å². The number of anilines is 1. The van der Waals surface area contributed by atoms with Gasteiger partial charge < -0.3 is 10.5 Å². The highest BCUT2D eigenvalue weighted by atomic mass is 79.9. The van der Waals surface area contributed by atoms with Crippen LogP contribution in [-0.2, 0) is 13.5 Å². The van der Waals surface area contributed by atoms with E-state index in [2.05, 4.69) is 34.0 Å². The van der Waals surface area contributed by atoms with Crippen LogP contribution < -0.4 is 10.5 Å². The van der Waals surface area contributed by atoms with Crippen LogP contribution >= 0.6 is 15.9 Å². The fourth-order valence-electron chi connectivity index (χ4n) is 1.90. The highest BCUT2D eigenvalue weighted by Crippen LogP contribution is 2.33. The van der Waals surface area contributed by atoms with Crippen molar-refractivity contribution in [2.75, 3.05) is 12.8 Å². The first-order chi connectivity index (χ1) is 8.58. The predicted molar refractivity (Wildman–Crippen MR) is 76.7 cm³/mol. The largest absolute Gasteiger partial charge is 0.496 e. The zero-order chi connectivity index (χ0) is 13.3. The lowest BCUT2D eigenvalue weighted by Crippen LogP contribution is -1.97. The number of methoxy groups -OCH3 is 1. The monoisotopic (exact) mass is 309 g/mol. The molecule has 0 spiro atoms. The molecule has 4 nitrogen and oxygen atoms in total. The van der Waals surface area contributed by atoms with Crippen LogP contribution in [0.15, 0.2) is 22.7 Å². The van der Waals surface area contributed by atoms with Crippen molar-refractivity contribution in [2.45, 2.75) is 13.3 Å². The molecule has 0 aliphatic heterocycles. The number of aromatic nitrogens is 2. The SMILES string of the molecule is CCc1cc(-c2nn(C)c(N)c2Br)ccc1OC. The lowest BCUT2D eigenvalue weighted by molar-refractivity contribution is 0.410. The lowest BCUT2D eigenvalue weighted by atomic mass is 10.1. The Kier molecular flexibility index (Phi) is 3.61. The standard InChI is InChI=1S/C13H16BrN3O/c1-4-8-7-9(5-6-10(8)18-3)12-11(14)13(15)17(2)16-12/h5-7H,4,15H2,1-3H3. The van der Waals surface area contributed by atoms with Crippen molar-refractivity contribution >= 4 is 21.7 Å². The van der Waals surface area contributed by atoms with Gasteiger partial charge in [-0.25, -0.2) is 0 Å². The molecule has 0 saturated heterocycles. The van der Waals surface area contributed by atoms with Gasteiger partial charge in [0.05, 0.1) is 11.6 Å². The molecule has 0 aliphatic rings. The van der Waals surface area contributed by atoms with Gasteiger partial charge in [-0.2, -0.15) is 5.10 Å². The normalized spacial score (nSPS) is 10.7. The van der Waals surface area contributed by atoms with Gasteiger partial charge in [-0.05, 0) is 46.1 Å². The summed E-state index contributed by atoms with van der Waals surface area (Å²) >= 11 is 3.48. The van der Waals surface area contributed by atoms with E-state index in [0.717, 1.165) is 33.5 Å². The average molecular weight is 310 g/mol. The number of hydrogen-bond donors (Lipinski definition) is 1. The zero-order valence-electron chi connectivity index (χ0n) is 10.7. The van der Waals surface area contributed by atoms with E-state index < -0.39 is 0 Å². The summed E-state index contributed by atoms with van der Waals surface area (Å²) in [7, 11) is 3.51. The van der Waals surface area contributed by atoms with Crippen molar-refractivity contribution in [1.29, 1.82) is 0 Å². The van der Waals surface area contributed by atoms with Crippen LogP contribution in [0.2, 0.25) is 0 Å². The third-order valence-electron chi connectivity index (χ3n) is 2.97. The molecule has 2 rings (SSSR count). The minimum Gasteiger partial charge on any atom is -0.496 e. The van der Waals surface area contributed by atoms with E-state index >= 15 is 0 Å². The summed E-state index contributed by atoms with van der Waals surface area (Å²) in [5.41, 5.74) is 8.94. The molecule has 2 aromatic rings. The van der Waals surface area contributed by atoms with Crippen LogP contribution in [-0.4, -0.2) is 16.9 Å². The summed E-state index contributed by atoms with van der Waals surface area (Å²) < 4.78 is 7.82. The first kappa shape index (κ1) is 13.0. The van der Waals surface area contributed by atoms with Gasteiger partial charge >= 0.3 is 0 Å². The number of benzene rings is 1. The smallest absolute Gasteiger partial charge is 0.136 e. The molecule has 18 heavy (non-hydrogen) atoms. The number of nitrogen functional groups attached to an aromatic ring is 1. The van der Waals surface area contributed by atoms with Crippen LogP contribution in [0.4, 0.5) is 5.82 Å². The van der Waals surface area contributed by atoms with E-state index in [0.29, 0.717) is 5.82 Å². The van der Waals surface area contributed by atoms with Crippen LogP contribution in [0, 0.1) is 0 Å². The zero-order valence-corrected chi connectivity index (χ0v) is 12.3. The molecule has 96 valence electrons. The van der Waals surface area contributed by atoms with Crippen molar-refractivity contribution in [3.63, 3.8) is 0 Å². The molecule has 0 aliphatic carbocycles. The molecular formula is C13H16BrN3O. The number of ether oxygens (including phenoxy) is 1. The minimum atomic E-state index is 0.624. The molecule has 0 amide bonds. The van der Waals surface area contributed by atoms with Crippen LogP contribution in [0.3, 0.4) is 0 Å². The van der Waals surface area contributed by atoms with Crippen LogP contribution in [0.5, 0.6) is 5.75 Å². The maximum absolute atomic E-state index is 5.90. The third kappa shape index (κ3) is 2.10. The van der Waals surface area contributed by atoms with Gasteiger partial charge in [0, 0.05) is 12.6 Å². The summed E-state index contributed by atoms with van der Waals surface area (Å²) in [6, 6.07) is 6.04. The second kappa shape index (κ2) is 5.02. The highest BCUT2D eigenvalue weighted by molar-refractivity contribution is 9.10. The fourth-order valence-corrected chi connectivity index (χ4v) is 2.46.